The Labute approximate surface area is 162 Å². The Kier molecular flexibility index (Phi) is 9.13. The second-order valence-corrected chi connectivity index (χ2v) is 7.89. The maximum absolute atomic E-state index is 12.4. The van der Waals surface area contributed by atoms with E-state index in [0.717, 1.165) is 12.8 Å². The van der Waals surface area contributed by atoms with Crippen molar-refractivity contribution in [3.05, 3.63) is 36.5 Å². The summed E-state index contributed by atoms with van der Waals surface area (Å²) in [5.74, 6) is -0.925. The van der Waals surface area contributed by atoms with Gasteiger partial charge in [-0.1, -0.05) is 50.3 Å². The van der Waals surface area contributed by atoms with Gasteiger partial charge in [0.05, 0.1) is 5.60 Å². The minimum Gasteiger partial charge on any atom is -0.479 e. The third-order valence-corrected chi connectivity index (χ3v) is 5.36. The summed E-state index contributed by atoms with van der Waals surface area (Å²) in [6.45, 7) is 5.78. The molecule has 1 fully saturated rings. The van der Waals surface area contributed by atoms with E-state index in [9.17, 15) is 19.8 Å². The van der Waals surface area contributed by atoms with Crippen LogP contribution < -0.4 is 0 Å². The molecule has 0 saturated heterocycles. The van der Waals surface area contributed by atoms with E-state index in [0.29, 0.717) is 25.7 Å². The third-order valence-electron chi connectivity index (χ3n) is 5.36. The summed E-state index contributed by atoms with van der Waals surface area (Å²) in [5.41, 5.74) is -1.44. The van der Waals surface area contributed by atoms with Gasteiger partial charge in [0.25, 0.3) is 0 Å². The van der Waals surface area contributed by atoms with Crippen molar-refractivity contribution >= 4 is 11.8 Å². The minimum atomic E-state index is -1.35. The molecule has 0 aliphatic heterocycles. The number of carboxylic acids is 1. The summed E-state index contributed by atoms with van der Waals surface area (Å²) in [7, 11) is 0. The first-order chi connectivity index (χ1) is 12.6. The second-order valence-electron chi connectivity index (χ2n) is 7.89. The van der Waals surface area contributed by atoms with E-state index in [4.69, 9.17) is 5.11 Å². The Morgan fingerprint density at radius 1 is 1.33 bits per heavy atom. The zero-order valence-electron chi connectivity index (χ0n) is 16.7. The number of hydrogen-bond donors (Lipinski definition) is 3. The molecular formula is C22H34O5. The van der Waals surface area contributed by atoms with Gasteiger partial charge in [0.1, 0.15) is 5.78 Å². The molecule has 0 radical (unpaired) electrons. The van der Waals surface area contributed by atoms with Crippen molar-refractivity contribution in [2.24, 2.45) is 11.3 Å². The van der Waals surface area contributed by atoms with Crippen molar-refractivity contribution in [3.8, 4) is 0 Å². The molecule has 5 heteroatoms. The molecule has 1 aliphatic rings. The maximum Gasteiger partial charge on any atom is 0.332 e. The number of allylic oxidation sites excluding steroid dienone is 4. The molecule has 1 saturated carbocycles. The zero-order valence-corrected chi connectivity index (χ0v) is 16.7. The quantitative estimate of drug-likeness (QED) is 0.475. The summed E-state index contributed by atoms with van der Waals surface area (Å²) in [4.78, 5) is 23.0. The van der Waals surface area contributed by atoms with Gasteiger partial charge in [-0.3, -0.25) is 4.79 Å². The fraction of sp³-hybridized carbons (Fsp3) is 0.636. The molecule has 0 amide bonds. The zero-order chi connectivity index (χ0) is 20.5. The number of carboxylic acid groups (broad SMARTS) is 1. The van der Waals surface area contributed by atoms with Crippen LogP contribution in [0.3, 0.4) is 0 Å². The van der Waals surface area contributed by atoms with Gasteiger partial charge in [0.15, 0.2) is 6.10 Å². The number of rotatable bonds is 11. The molecule has 152 valence electrons. The van der Waals surface area contributed by atoms with Crippen molar-refractivity contribution in [3.63, 3.8) is 0 Å². The number of aliphatic hydroxyl groups excluding tert-OH is 1. The topological polar surface area (TPSA) is 94.8 Å². The molecule has 1 rings (SSSR count). The Morgan fingerprint density at radius 2 is 2.04 bits per heavy atom. The van der Waals surface area contributed by atoms with E-state index in [1.54, 1.807) is 13.0 Å². The largest absolute Gasteiger partial charge is 0.479 e. The lowest BCUT2D eigenvalue weighted by atomic mass is 9.75. The van der Waals surface area contributed by atoms with E-state index < -0.39 is 23.1 Å². The van der Waals surface area contributed by atoms with Crippen LogP contribution in [0.1, 0.15) is 65.7 Å². The van der Waals surface area contributed by atoms with Crippen LogP contribution in [-0.4, -0.2) is 38.8 Å². The number of carbonyl (C=O) groups is 2. The highest BCUT2D eigenvalue weighted by Gasteiger charge is 2.43. The van der Waals surface area contributed by atoms with Crippen molar-refractivity contribution in [2.45, 2.75) is 77.4 Å². The standard InChI is InChI=1S/C22H34O5/c1-4-5-8-14-21(2,27)16-13-17-11-12-19(24)22(17,3)15-9-6-7-10-18(23)20(25)26/h5-6,8-9,13,16-18,23,27H,4,7,10-12,14-15H2,1-3H3,(H,25,26)/t17-,18?,21?,22-/m1/s1. The van der Waals surface area contributed by atoms with Gasteiger partial charge in [-0.05, 0) is 51.4 Å². The lowest BCUT2D eigenvalue weighted by molar-refractivity contribution is -0.146. The molecule has 0 aromatic rings. The molecule has 0 spiro atoms. The first kappa shape index (κ1) is 23.3. The van der Waals surface area contributed by atoms with Crippen molar-refractivity contribution in [1.29, 1.82) is 0 Å². The molecule has 0 heterocycles. The Balaban J connectivity index is 2.67. The van der Waals surface area contributed by atoms with Gasteiger partial charge >= 0.3 is 5.97 Å². The van der Waals surface area contributed by atoms with Crippen LogP contribution in [0.2, 0.25) is 0 Å². The van der Waals surface area contributed by atoms with E-state index in [1.807, 2.05) is 44.2 Å². The highest BCUT2D eigenvalue weighted by molar-refractivity contribution is 5.87. The highest BCUT2D eigenvalue weighted by atomic mass is 16.4. The molecule has 27 heavy (non-hydrogen) atoms. The van der Waals surface area contributed by atoms with Gasteiger partial charge in [0.2, 0.25) is 0 Å². The SMILES string of the molecule is CCC=CCC(C)(O)C=C[C@H]1CCC(=O)[C@]1(C)CC=CCCC(O)C(=O)O. The number of aliphatic hydroxyl groups is 2. The van der Waals surface area contributed by atoms with E-state index in [-0.39, 0.29) is 18.1 Å². The van der Waals surface area contributed by atoms with Crippen LogP contribution in [0.5, 0.6) is 0 Å². The van der Waals surface area contributed by atoms with Gasteiger partial charge in [-0.15, -0.1) is 0 Å². The number of hydrogen-bond acceptors (Lipinski definition) is 4. The first-order valence-electron chi connectivity index (χ1n) is 9.78. The van der Waals surface area contributed by atoms with E-state index in [2.05, 4.69) is 0 Å². The summed E-state index contributed by atoms with van der Waals surface area (Å²) >= 11 is 0. The van der Waals surface area contributed by atoms with E-state index in [1.165, 1.54) is 0 Å². The Bertz CT molecular complexity index is 588. The molecule has 2 unspecified atom stereocenters. The Hall–Kier alpha value is -1.72. The molecule has 0 aromatic carbocycles. The molecular weight excluding hydrogens is 344 g/mol. The van der Waals surface area contributed by atoms with Gasteiger partial charge in [-0.25, -0.2) is 4.79 Å². The van der Waals surface area contributed by atoms with Gasteiger partial charge in [0, 0.05) is 11.8 Å². The van der Waals surface area contributed by atoms with Crippen molar-refractivity contribution in [2.75, 3.05) is 0 Å². The molecule has 0 aromatic heterocycles. The fourth-order valence-corrected chi connectivity index (χ4v) is 3.37. The number of Topliss-reactive ketones (excluding diaryl/α,β-unsaturated/α-hetero) is 1. The average Bonchev–Trinajstić information content (AvgIpc) is 2.87. The van der Waals surface area contributed by atoms with Crippen LogP contribution in [0.15, 0.2) is 36.5 Å². The lowest BCUT2D eigenvalue weighted by Gasteiger charge is -2.28. The first-order valence-corrected chi connectivity index (χ1v) is 9.78. The molecule has 1 aliphatic carbocycles. The third kappa shape index (κ3) is 7.43. The maximum atomic E-state index is 12.4. The van der Waals surface area contributed by atoms with Crippen LogP contribution in [-0.2, 0) is 9.59 Å². The second kappa shape index (κ2) is 10.6. The minimum absolute atomic E-state index is 0.0703. The monoisotopic (exact) mass is 378 g/mol. The van der Waals surface area contributed by atoms with Crippen LogP contribution in [0.25, 0.3) is 0 Å². The number of aliphatic carboxylic acids is 1. The normalized spacial score (nSPS) is 27.0. The number of ketones is 1. The molecule has 0 bridgehead atoms. The van der Waals surface area contributed by atoms with Crippen LogP contribution >= 0.6 is 0 Å². The summed E-state index contributed by atoms with van der Waals surface area (Å²) in [5, 5.41) is 28.4. The van der Waals surface area contributed by atoms with Gasteiger partial charge < -0.3 is 15.3 Å². The fourth-order valence-electron chi connectivity index (χ4n) is 3.37. The van der Waals surface area contributed by atoms with Crippen LogP contribution in [0.4, 0.5) is 0 Å². The summed E-state index contributed by atoms with van der Waals surface area (Å²) < 4.78 is 0. The average molecular weight is 379 g/mol. The van der Waals surface area contributed by atoms with Crippen molar-refractivity contribution in [1.82, 2.24) is 0 Å². The van der Waals surface area contributed by atoms with Gasteiger partial charge in [-0.2, -0.15) is 0 Å². The predicted molar refractivity (Wildman–Crippen MR) is 106 cm³/mol. The molecule has 3 N–H and O–H groups in total. The summed E-state index contributed by atoms with van der Waals surface area (Å²) in [6.07, 6.45) is 14.1. The van der Waals surface area contributed by atoms with Crippen LogP contribution in [0, 0.1) is 11.3 Å². The summed E-state index contributed by atoms with van der Waals surface area (Å²) in [6, 6.07) is 0. The molecule has 5 nitrogen and oxygen atoms in total. The molecule has 4 atom stereocenters. The highest BCUT2D eigenvalue weighted by Crippen LogP contribution is 2.44. The Morgan fingerprint density at radius 3 is 2.67 bits per heavy atom. The van der Waals surface area contributed by atoms with Crippen molar-refractivity contribution < 1.29 is 24.9 Å². The smallest absolute Gasteiger partial charge is 0.332 e. The lowest BCUT2D eigenvalue weighted by Crippen LogP contribution is -2.28. The predicted octanol–water partition coefficient (Wildman–Crippen LogP) is 3.81. The van der Waals surface area contributed by atoms with E-state index >= 15 is 0 Å². The number of carbonyl (C=O) groups excluding carboxylic acids is 1.